The molecule has 1 fully saturated rings. The number of allylic oxidation sites excluding steroid dienone is 2. The molecule has 1 amide bonds. The number of ether oxygens (including phenoxy) is 1. The molecule has 0 saturated heterocycles. The van der Waals surface area contributed by atoms with E-state index in [1.807, 2.05) is 30.3 Å². The second kappa shape index (κ2) is 9.87. The van der Waals surface area contributed by atoms with Gasteiger partial charge < -0.3 is 10.1 Å². The minimum Gasteiger partial charge on any atom is -0.494 e. The van der Waals surface area contributed by atoms with Gasteiger partial charge in [-0.25, -0.2) is 0 Å². The Morgan fingerprint density at radius 3 is 2.52 bits per heavy atom. The molecule has 25 heavy (non-hydrogen) atoms. The van der Waals surface area contributed by atoms with Crippen LogP contribution in [0, 0.1) is 5.41 Å². The molecule has 1 aliphatic carbocycles. The third kappa shape index (κ3) is 5.93. The SMILES string of the molecule is C=C/C=C(\C=C)C(=O)NCC1(CCOc2ccccc2)CCCCC1. The molecule has 1 aromatic rings. The first-order valence-electron chi connectivity index (χ1n) is 9.10. The number of nitrogens with one attached hydrogen (secondary N) is 1. The van der Waals surface area contributed by atoms with E-state index in [4.69, 9.17) is 4.74 Å². The van der Waals surface area contributed by atoms with Crippen molar-refractivity contribution in [2.45, 2.75) is 38.5 Å². The Balaban J connectivity index is 1.92. The van der Waals surface area contributed by atoms with Crippen LogP contribution in [0.25, 0.3) is 0 Å². The van der Waals surface area contributed by atoms with E-state index in [1.165, 1.54) is 19.3 Å². The molecular formula is C22H29NO2. The summed E-state index contributed by atoms with van der Waals surface area (Å²) < 4.78 is 5.89. The first kappa shape index (κ1) is 19.0. The third-order valence-electron chi connectivity index (χ3n) is 4.96. The minimum absolute atomic E-state index is 0.0798. The number of benzene rings is 1. The molecule has 0 radical (unpaired) electrons. The minimum atomic E-state index is -0.0798. The second-order valence-corrected chi connectivity index (χ2v) is 6.72. The molecule has 3 heteroatoms. The predicted octanol–water partition coefficient (Wildman–Crippen LogP) is 4.82. The topological polar surface area (TPSA) is 38.3 Å². The molecule has 1 N–H and O–H groups in total. The van der Waals surface area contributed by atoms with Crippen molar-refractivity contribution in [3.63, 3.8) is 0 Å². The summed E-state index contributed by atoms with van der Waals surface area (Å²) in [5, 5.41) is 3.10. The molecule has 0 spiro atoms. The van der Waals surface area contributed by atoms with Crippen LogP contribution in [0.15, 0.2) is 67.3 Å². The monoisotopic (exact) mass is 339 g/mol. The summed E-state index contributed by atoms with van der Waals surface area (Å²) in [4.78, 5) is 12.3. The Kier molecular flexibility index (Phi) is 7.52. The second-order valence-electron chi connectivity index (χ2n) is 6.72. The Morgan fingerprint density at radius 2 is 1.88 bits per heavy atom. The van der Waals surface area contributed by atoms with Gasteiger partial charge in [0.2, 0.25) is 0 Å². The van der Waals surface area contributed by atoms with Crippen LogP contribution >= 0.6 is 0 Å². The molecule has 0 atom stereocenters. The molecule has 1 aromatic carbocycles. The van der Waals surface area contributed by atoms with Crippen molar-refractivity contribution in [2.75, 3.05) is 13.2 Å². The maximum Gasteiger partial charge on any atom is 0.251 e. The molecule has 2 rings (SSSR count). The molecule has 0 heterocycles. The number of hydrogen-bond donors (Lipinski definition) is 1. The highest BCUT2D eigenvalue weighted by Crippen LogP contribution is 2.39. The van der Waals surface area contributed by atoms with Crippen LogP contribution in [0.1, 0.15) is 38.5 Å². The van der Waals surface area contributed by atoms with Crippen LogP contribution in [0.5, 0.6) is 5.75 Å². The van der Waals surface area contributed by atoms with Crippen LogP contribution in [-0.4, -0.2) is 19.1 Å². The van der Waals surface area contributed by atoms with Crippen molar-refractivity contribution < 1.29 is 9.53 Å². The van der Waals surface area contributed by atoms with Crippen molar-refractivity contribution in [3.05, 3.63) is 67.3 Å². The van der Waals surface area contributed by atoms with Gasteiger partial charge in [0.05, 0.1) is 6.61 Å². The van der Waals surface area contributed by atoms with E-state index in [-0.39, 0.29) is 11.3 Å². The standard InChI is InChI=1S/C22H29NO2/c1-3-11-19(4-2)21(24)23-18-22(14-9-6-10-15-22)16-17-25-20-12-7-5-8-13-20/h3-5,7-8,11-13H,1-2,6,9-10,14-18H2,(H,23,24)/b19-11+. The van der Waals surface area contributed by atoms with E-state index in [0.717, 1.165) is 25.0 Å². The highest BCUT2D eigenvalue weighted by molar-refractivity contribution is 5.96. The number of carbonyl (C=O) groups excluding carboxylic acids is 1. The number of amides is 1. The lowest BCUT2D eigenvalue weighted by Gasteiger charge is -2.37. The van der Waals surface area contributed by atoms with Gasteiger partial charge in [0.25, 0.3) is 5.91 Å². The van der Waals surface area contributed by atoms with Crippen molar-refractivity contribution in [1.29, 1.82) is 0 Å². The van der Waals surface area contributed by atoms with Gasteiger partial charge in [0.1, 0.15) is 5.75 Å². The van der Waals surface area contributed by atoms with Crippen molar-refractivity contribution in [2.24, 2.45) is 5.41 Å². The first-order valence-corrected chi connectivity index (χ1v) is 9.10. The van der Waals surface area contributed by atoms with Gasteiger partial charge >= 0.3 is 0 Å². The van der Waals surface area contributed by atoms with Crippen molar-refractivity contribution >= 4 is 5.91 Å². The quantitative estimate of drug-likeness (QED) is 0.517. The lowest BCUT2D eigenvalue weighted by Crippen LogP contribution is -2.40. The Hall–Kier alpha value is -2.29. The van der Waals surface area contributed by atoms with Crippen molar-refractivity contribution in [1.82, 2.24) is 5.32 Å². The van der Waals surface area contributed by atoms with Gasteiger partial charge in [-0.2, -0.15) is 0 Å². The summed E-state index contributed by atoms with van der Waals surface area (Å²) in [6.45, 7) is 8.71. The Morgan fingerprint density at radius 1 is 1.16 bits per heavy atom. The van der Waals surface area contributed by atoms with Gasteiger partial charge in [-0.1, -0.05) is 68.8 Å². The van der Waals surface area contributed by atoms with Gasteiger partial charge in [-0.3, -0.25) is 4.79 Å². The van der Waals surface area contributed by atoms with Crippen LogP contribution in [0.4, 0.5) is 0 Å². The van der Waals surface area contributed by atoms with Gasteiger partial charge in [-0.15, -0.1) is 0 Å². The lowest BCUT2D eigenvalue weighted by molar-refractivity contribution is -0.117. The third-order valence-corrected chi connectivity index (χ3v) is 4.96. The Labute approximate surface area is 151 Å². The average Bonchev–Trinajstić information content (AvgIpc) is 2.66. The summed E-state index contributed by atoms with van der Waals surface area (Å²) >= 11 is 0. The molecule has 0 aromatic heterocycles. The summed E-state index contributed by atoms with van der Waals surface area (Å²) in [7, 11) is 0. The number of para-hydroxylation sites is 1. The van der Waals surface area contributed by atoms with E-state index in [9.17, 15) is 4.79 Å². The van der Waals surface area contributed by atoms with Crippen LogP contribution in [0.3, 0.4) is 0 Å². The highest BCUT2D eigenvalue weighted by Gasteiger charge is 2.32. The average molecular weight is 339 g/mol. The molecule has 1 aliphatic rings. The smallest absolute Gasteiger partial charge is 0.251 e. The zero-order valence-electron chi connectivity index (χ0n) is 15.0. The summed E-state index contributed by atoms with van der Waals surface area (Å²) in [6.07, 6.45) is 11.8. The normalized spacial score (nSPS) is 16.7. The summed E-state index contributed by atoms with van der Waals surface area (Å²) in [6, 6.07) is 9.90. The maximum atomic E-state index is 12.3. The van der Waals surface area contributed by atoms with E-state index in [0.29, 0.717) is 18.7 Å². The van der Waals surface area contributed by atoms with Gasteiger partial charge in [-0.05, 0) is 36.8 Å². The zero-order chi connectivity index (χ0) is 18.0. The number of hydrogen-bond acceptors (Lipinski definition) is 2. The fraction of sp³-hybridized carbons (Fsp3) is 0.409. The van der Waals surface area contributed by atoms with Gasteiger partial charge in [0.15, 0.2) is 0 Å². The molecule has 0 bridgehead atoms. The summed E-state index contributed by atoms with van der Waals surface area (Å²) in [5.41, 5.74) is 0.685. The lowest BCUT2D eigenvalue weighted by atomic mass is 9.72. The molecular weight excluding hydrogens is 310 g/mol. The van der Waals surface area contributed by atoms with Crippen LogP contribution in [-0.2, 0) is 4.79 Å². The Bertz CT molecular complexity index is 598. The van der Waals surface area contributed by atoms with Gasteiger partial charge in [0, 0.05) is 12.1 Å². The maximum absolute atomic E-state index is 12.3. The molecule has 0 unspecified atom stereocenters. The molecule has 3 nitrogen and oxygen atoms in total. The predicted molar refractivity (Wildman–Crippen MR) is 104 cm³/mol. The largest absolute Gasteiger partial charge is 0.494 e. The first-order chi connectivity index (χ1) is 12.2. The van der Waals surface area contributed by atoms with Crippen molar-refractivity contribution in [3.8, 4) is 5.75 Å². The van der Waals surface area contributed by atoms with E-state index in [2.05, 4.69) is 18.5 Å². The van der Waals surface area contributed by atoms with E-state index >= 15 is 0 Å². The van der Waals surface area contributed by atoms with E-state index in [1.54, 1.807) is 18.2 Å². The molecule has 134 valence electrons. The number of carbonyl (C=O) groups is 1. The fourth-order valence-corrected chi connectivity index (χ4v) is 3.45. The summed E-state index contributed by atoms with van der Waals surface area (Å²) in [5.74, 6) is 0.823. The highest BCUT2D eigenvalue weighted by atomic mass is 16.5. The fourth-order valence-electron chi connectivity index (χ4n) is 3.45. The van der Waals surface area contributed by atoms with Crippen LogP contribution in [0.2, 0.25) is 0 Å². The molecule has 1 saturated carbocycles. The van der Waals surface area contributed by atoms with E-state index < -0.39 is 0 Å². The molecule has 0 aliphatic heterocycles. The number of rotatable bonds is 9. The van der Waals surface area contributed by atoms with Crippen LogP contribution < -0.4 is 10.1 Å². The zero-order valence-corrected chi connectivity index (χ0v) is 15.0.